The fraction of sp³-hybridized carbons (Fsp3) is 0.400. The lowest BCUT2D eigenvalue weighted by molar-refractivity contribution is -0.124. The lowest BCUT2D eigenvalue weighted by atomic mass is 9.81. The molecule has 0 radical (unpaired) electrons. The smallest absolute Gasteiger partial charge is 0.254 e. The summed E-state index contributed by atoms with van der Waals surface area (Å²) >= 11 is 1.59. The zero-order chi connectivity index (χ0) is 25.9. The van der Waals surface area contributed by atoms with Gasteiger partial charge in [-0.15, -0.1) is 11.3 Å². The molecule has 37 heavy (non-hydrogen) atoms. The molecule has 2 aliphatic rings. The number of carbonyl (C=O) groups excluding carboxylic acids is 2. The Morgan fingerprint density at radius 1 is 1.03 bits per heavy atom. The van der Waals surface area contributed by atoms with E-state index in [0.29, 0.717) is 12.1 Å². The number of piperazine rings is 1. The van der Waals surface area contributed by atoms with Gasteiger partial charge in [0.05, 0.1) is 12.0 Å². The quantitative estimate of drug-likeness (QED) is 0.466. The first-order valence-electron chi connectivity index (χ1n) is 13.2. The van der Waals surface area contributed by atoms with Gasteiger partial charge in [0, 0.05) is 55.9 Å². The molecule has 0 bridgehead atoms. The Hall–Kier alpha value is -3.16. The van der Waals surface area contributed by atoms with E-state index in [1.807, 2.05) is 41.8 Å². The monoisotopic (exact) mass is 516 g/mol. The van der Waals surface area contributed by atoms with Crippen LogP contribution in [-0.4, -0.2) is 67.9 Å². The maximum Gasteiger partial charge on any atom is 0.254 e. The second-order valence-corrected chi connectivity index (χ2v) is 11.2. The Labute approximate surface area is 223 Å². The highest BCUT2D eigenvalue weighted by molar-refractivity contribution is 7.10. The summed E-state index contributed by atoms with van der Waals surface area (Å²) < 4.78 is 0. The maximum absolute atomic E-state index is 13.6. The Morgan fingerprint density at radius 2 is 1.81 bits per heavy atom. The molecule has 1 saturated heterocycles. The van der Waals surface area contributed by atoms with Crippen LogP contribution in [0.25, 0.3) is 0 Å². The van der Waals surface area contributed by atoms with Gasteiger partial charge in [-0.1, -0.05) is 36.4 Å². The number of carbonyl (C=O) groups is 2. The molecular formula is C30H36N4O2S. The SMILES string of the molecule is Cc1ccc(C)c(N2CCN(CCCNC(=O)[C@H]3c4ccccc4C(=O)N(C)[C@@H]3c3cccs3)CC2)c1. The number of rotatable bonds is 7. The van der Waals surface area contributed by atoms with Crippen LogP contribution in [0, 0.1) is 13.8 Å². The van der Waals surface area contributed by atoms with Crippen molar-refractivity contribution >= 4 is 28.8 Å². The second kappa shape index (κ2) is 11.1. The van der Waals surface area contributed by atoms with E-state index >= 15 is 0 Å². The highest BCUT2D eigenvalue weighted by atomic mass is 32.1. The minimum atomic E-state index is -0.418. The average molecular weight is 517 g/mol. The van der Waals surface area contributed by atoms with Crippen molar-refractivity contribution in [3.63, 3.8) is 0 Å². The summed E-state index contributed by atoms with van der Waals surface area (Å²) in [6, 6.07) is 17.9. The number of hydrogen-bond donors (Lipinski definition) is 1. The van der Waals surface area contributed by atoms with Crippen molar-refractivity contribution in [1.29, 1.82) is 0 Å². The normalized spacial score (nSPS) is 20.1. The molecule has 0 unspecified atom stereocenters. The van der Waals surface area contributed by atoms with Crippen molar-refractivity contribution in [3.05, 3.63) is 87.1 Å². The number of nitrogens with one attached hydrogen (secondary N) is 1. The number of thiophene rings is 1. The topological polar surface area (TPSA) is 55.9 Å². The fourth-order valence-electron chi connectivity index (χ4n) is 5.67. The number of benzene rings is 2. The summed E-state index contributed by atoms with van der Waals surface area (Å²) in [4.78, 5) is 34.4. The van der Waals surface area contributed by atoms with Crippen LogP contribution in [0.3, 0.4) is 0 Å². The molecule has 0 saturated carbocycles. The van der Waals surface area contributed by atoms with Crippen LogP contribution in [0.2, 0.25) is 0 Å². The van der Waals surface area contributed by atoms with Crippen LogP contribution in [0.1, 0.15) is 50.3 Å². The van der Waals surface area contributed by atoms with Crippen molar-refractivity contribution in [1.82, 2.24) is 15.1 Å². The molecule has 1 aromatic heterocycles. The third-order valence-electron chi connectivity index (χ3n) is 7.72. The largest absolute Gasteiger partial charge is 0.369 e. The van der Waals surface area contributed by atoms with E-state index < -0.39 is 5.92 Å². The first kappa shape index (κ1) is 25.5. The molecule has 2 atom stereocenters. The zero-order valence-electron chi connectivity index (χ0n) is 21.9. The van der Waals surface area contributed by atoms with E-state index in [1.54, 1.807) is 23.3 Å². The number of nitrogens with zero attached hydrogens (tertiary/aromatic N) is 3. The Balaban J connectivity index is 1.17. The summed E-state index contributed by atoms with van der Waals surface area (Å²) in [6.07, 6.45) is 0.905. The van der Waals surface area contributed by atoms with E-state index in [-0.39, 0.29) is 17.9 Å². The Bertz CT molecular complexity index is 1250. The maximum atomic E-state index is 13.6. The summed E-state index contributed by atoms with van der Waals surface area (Å²) in [7, 11) is 1.81. The Morgan fingerprint density at radius 3 is 2.57 bits per heavy atom. The van der Waals surface area contributed by atoms with Gasteiger partial charge in [0.1, 0.15) is 0 Å². The van der Waals surface area contributed by atoms with Gasteiger partial charge < -0.3 is 15.1 Å². The van der Waals surface area contributed by atoms with E-state index in [9.17, 15) is 9.59 Å². The van der Waals surface area contributed by atoms with E-state index in [4.69, 9.17) is 0 Å². The highest BCUT2D eigenvalue weighted by Crippen LogP contribution is 2.43. The van der Waals surface area contributed by atoms with Gasteiger partial charge in [0.2, 0.25) is 5.91 Å². The van der Waals surface area contributed by atoms with Crippen molar-refractivity contribution in [3.8, 4) is 0 Å². The van der Waals surface area contributed by atoms with E-state index in [2.05, 4.69) is 47.2 Å². The number of fused-ring (bicyclic) bond motifs is 1. The molecule has 7 heteroatoms. The number of hydrogen-bond acceptors (Lipinski definition) is 5. The van der Waals surface area contributed by atoms with Gasteiger partial charge in [-0.2, -0.15) is 0 Å². The number of amides is 2. The standard InChI is InChI=1S/C30H36N4O2S/c1-21-11-12-22(2)25(20-21)34-17-15-33(16-18-34)14-7-13-31-29(35)27-23-8-4-5-9-24(23)30(36)32(3)28(27)26-10-6-19-37-26/h4-6,8-12,19-20,27-28H,7,13-18H2,1-3H3,(H,31,35)/t27-,28+/m0/s1. The summed E-state index contributed by atoms with van der Waals surface area (Å²) in [5.74, 6) is -0.457. The van der Waals surface area contributed by atoms with Crippen LogP contribution in [0.15, 0.2) is 60.0 Å². The minimum Gasteiger partial charge on any atom is -0.369 e. The van der Waals surface area contributed by atoms with Crippen LogP contribution >= 0.6 is 11.3 Å². The summed E-state index contributed by atoms with van der Waals surface area (Å²) in [6.45, 7) is 10.0. The molecule has 5 rings (SSSR count). The van der Waals surface area contributed by atoms with Gasteiger partial charge in [0.15, 0.2) is 0 Å². The zero-order valence-corrected chi connectivity index (χ0v) is 22.8. The third-order valence-corrected chi connectivity index (χ3v) is 8.67. The summed E-state index contributed by atoms with van der Waals surface area (Å²) in [5.41, 5.74) is 5.43. The van der Waals surface area contributed by atoms with Crippen molar-refractivity contribution < 1.29 is 9.59 Å². The molecule has 3 aromatic rings. The number of aryl methyl sites for hydroxylation is 2. The molecule has 3 heterocycles. The lowest BCUT2D eigenvalue weighted by Crippen LogP contribution is -2.47. The van der Waals surface area contributed by atoms with Gasteiger partial charge in [0.25, 0.3) is 5.91 Å². The molecule has 2 aliphatic heterocycles. The molecular weight excluding hydrogens is 480 g/mol. The van der Waals surface area contributed by atoms with Gasteiger partial charge in [-0.25, -0.2) is 0 Å². The lowest BCUT2D eigenvalue weighted by Gasteiger charge is -2.39. The Kier molecular flexibility index (Phi) is 7.63. The predicted molar refractivity (Wildman–Crippen MR) is 151 cm³/mol. The number of likely N-dealkylation sites (N-methyl/N-ethyl adjacent to an activating group) is 1. The molecule has 0 aliphatic carbocycles. The average Bonchev–Trinajstić information content (AvgIpc) is 3.45. The van der Waals surface area contributed by atoms with Gasteiger partial charge in [-0.05, 0) is 67.1 Å². The molecule has 1 N–H and O–H groups in total. The second-order valence-electron chi connectivity index (χ2n) is 10.2. The van der Waals surface area contributed by atoms with Crippen LogP contribution < -0.4 is 10.2 Å². The fourth-order valence-corrected chi connectivity index (χ4v) is 6.57. The third kappa shape index (κ3) is 5.29. The molecule has 2 amide bonds. The molecule has 6 nitrogen and oxygen atoms in total. The molecule has 0 spiro atoms. The van der Waals surface area contributed by atoms with Crippen molar-refractivity contribution in [2.24, 2.45) is 0 Å². The first-order valence-corrected chi connectivity index (χ1v) is 14.0. The van der Waals surface area contributed by atoms with Crippen LogP contribution in [0.5, 0.6) is 0 Å². The van der Waals surface area contributed by atoms with Gasteiger partial charge in [-0.3, -0.25) is 14.5 Å². The van der Waals surface area contributed by atoms with Crippen molar-refractivity contribution in [2.45, 2.75) is 32.2 Å². The molecule has 2 aromatic carbocycles. The van der Waals surface area contributed by atoms with E-state index in [0.717, 1.165) is 49.6 Å². The van der Waals surface area contributed by atoms with Crippen molar-refractivity contribution in [2.75, 3.05) is 51.2 Å². The van der Waals surface area contributed by atoms with Crippen LogP contribution in [0.4, 0.5) is 5.69 Å². The molecule has 1 fully saturated rings. The number of anilines is 1. The van der Waals surface area contributed by atoms with E-state index in [1.165, 1.54) is 16.8 Å². The summed E-state index contributed by atoms with van der Waals surface area (Å²) in [5, 5.41) is 5.20. The molecule has 194 valence electrons. The minimum absolute atomic E-state index is 0.00931. The predicted octanol–water partition coefficient (Wildman–Crippen LogP) is 4.60. The van der Waals surface area contributed by atoms with Crippen LogP contribution in [-0.2, 0) is 4.79 Å². The van der Waals surface area contributed by atoms with Gasteiger partial charge >= 0.3 is 0 Å². The first-order chi connectivity index (χ1) is 17.9. The highest BCUT2D eigenvalue weighted by Gasteiger charge is 2.42.